The minimum absolute atomic E-state index is 0.0971. The largest absolute Gasteiger partial charge is 0.371 e. The van der Waals surface area contributed by atoms with Crippen LogP contribution in [0.15, 0.2) is 59.5 Å². The summed E-state index contributed by atoms with van der Waals surface area (Å²) < 4.78 is 29.3. The Bertz CT molecular complexity index is 906. The number of rotatable bonds is 7. The molecule has 1 amide bonds. The van der Waals surface area contributed by atoms with Gasteiger partial charge in [0.25, 0.3) is 5.91 Å². The molecule has 1 atom stereocenters. The maximum absolute atomic E-state index is 12.6. The van der Waals surface area contributed by atoms with Crippen LogP contribution in [0.4, 0.5) is 5.69 Å². The predicted octanol–water partition coefficient (Wildman–Crippen LogP) is 2.95. The van der Waals surface area contributed by atoms with Gasteiger partial charge in [-0.15, -0.1) is 0 Å². The predicted molar refractivity (Wildman–Crippen MR) is 114 cm³/mol. The first-order valence-corrected chi connectivity index (χ1v) is 11.6. The van der Waals surface area contributed by atoms with Crippen molar-refractivity contribution in [2.24, 2.45) is 0 Å². The van der Waals surface area contributed by atoms with Gasteiger partial charge in [0, 0.05) is 31.9 Å². The molecule has 1 saturated heterocycles. The number of hydrogen-bond donors (Lipinski definition) is 1. The van der Waals surface area contributed by atoms with Crippen LogP contribution in [0, 0.1) is 0 Å². The van der Waals surface area contributed by atoms with Crippen molar-refractivity contribution in [3.05, 3.63) is 60.2 Å². The van der Waals surface area contributed by atoms with Crippen LogP contribution in [0.5, 0.6) is 0 Å². The van der Waals surface area contributed by atoms with Gasteiger partial charge in [0.1, 0.15) is 0 Å². The van der Waals surface area contributed by atoms with Crippen LogP contribution in [0.1, 0.15) is 31.4 Å². The molecular formula is C22H28N2O4S. The smallest absolute Gasteiger partial charge is 0.253 e. The van der Waals surface area contributed by atoms with E-state index in [1.165, 1.54) is 0 Å². The van der Waals surface area contributed by atoms with Crippen molar-refractivity contribution in [3.8, 4) is 0 Å². The highest BCUT2D eigenvalue weighted by Gasteiger charge is 2.26. The summed E-state index contributed by atoms with van der Waals surface area (Å²) in [7, 11) is -1.64. The molecule has 2 aromatic rings. The Morgan fingerprint density at radius 2 is 1.72 bits per heavy atom. The van der Waals surface area contributed by atoms with Crippen molar-refractivity contribution in [2.75, 3.05) is 30.9 Å². The fourth-order valence-corrected chi connectivity index (χ4v) is 4.50. The second-order valence-corrected chi connectivity index (χ2v) is 9.47. The standard InChI is InChI=1S/C22H28N2O4S/c1-3-29(26,27)20-11-9-19(10-12-20)24-15-13-18(14-16-24)23-22(25)21(28-2)17-7-5-4-6-8-17/h4-12,18,21H,3,13-16H2,1-2H3,(H,23,25). The zero-order valence-corrected chi connectivity index (χ0v) is 17.7. The minimum atomic E-state index is -3.18. The number of carbonyl (C=O) groups is 1. The van der Waals surface area contributed by atoms with Crippen LogP contribution in [0.2, 0.25) is 0 Å². The Kier molecular flexibility index (Phi) is 6.92. The summed E-state index contributed by atoms with van der Waals surface area (Å²) in [4.78, 5) is 15.2. The number of nitrogens with one attached hydrogen (secondary N) is 1. The molecule has 1 fully saturated rings. The summed E-state index contributed by atoms with van der Waals surface area (Å²) >= 11 is 0. The second-order valence-electron chi connectivity index (χ2n) is 7.19. The Morgan fingerprint density at radius 1 is 1.10 bits per heavy atom. The van der Waals surface area contributed by atoms with Crippen LogP contribution >= 0.6 is 0 Å². The number of ether oxygens (including phenoxy) is 1. The highest BCUT2D eigenvalue weighted by molar-refractivity contribution is 7.91. The molecular weight excluding hydrogens is 388 g/mol. The number of amides is 1. The van der Waals surface area contributed by atoms with Gasteiger partial charge in [0.2, 0.25) is 0 Å². The molecule has 0 spiro atoms. The van der Waals surface area contributed by atoms with Gasteiger partial charge in [-0.3, -0.25) is 4.79 Å². The van der Waals surface area contributed by atoms with Crippen molar-refractivity contribution in [1.29, 1.82) is 0 Å². The summed E-state index contributed by atoms with van der Waals surface area (Å²) in [6, 6.07) is 16.6. The van der Waals surface area contributed by atoms with E-state index in [1.54, 1.807) is 26.2 Å². The van der Waals surface area contributed by atoms with Crippen LogP contribution in [-0.2, 0) is 19.4 Å². The number of anilines is 1. The number of hydrogen-bond acceptors (Lipinski definition) is 5. The molecule has 0 aromatic heterocycles. The SMILES string of the molecule is CCS(=O)(=O)c1ccc(N2CCC(NC(=O)C(OC)c3ccccc3)CC2)cc1. The highest BCUT2D eigenvalue weighted by Crippen LogP contribution is 2.23. The van der Waals surface area contributed by atoms with Crippen LogP contribution in [-0.4, -0.2) is 46.3 Å². The summed E-state index contributed by atoms with van der Waals surface area (Å²) in [5.41, 5.74) is 1.84. The average molecular weight is 417 g/mol. The lowest BCUT2D eigenvalue weighted by atomic mass is 10.0. The van der Waals surface area contributed by atoms with E-state index >= 15 is 0 Å². The number of piperidine rings is 1. The minimum Gasteiger partial charge on any atom is -0.371 e. The Balaban J connectivity index is 1.56. The van der Waals surface area contributed by atoms with Gasteiger partial charge in [-0.2, -0.15) is 0 Å². The topological polar surface area (TPSA) is 75.7 Å². The first kappa shape index (κ1) is 21.3. The Morgan fingerprint density at radius 3 is 2.28 bits per heavy atom. The van der Waals surface area contributed by atoms with Crippen molar-refractivity contribution in [2.45, 2.75) is 36.8 Å². The summed E-state index contributed by atoms with van der Waals surface area (Å²) in [6.07, 6.45) is 1.04. The fraction of sp³-hybridized carbons (Fsp3) is 0.409. The van der Waals surface area contributed by atoms with E-state index in [0.717, 1.165) is 37.2 Å². The zero-order valence-electron chi connectivity index (χ0n) is 16.9. The first-order valence-electron chi connectivity index (χ1n) is 9.90. The molecule has 0 saturated carbocycles. The molecule has 1 heterocycles. The third-order valence-electron chi connectivity index (χ3n) is 5.36. The number of benzene rings is 2. The van der Waals surface area contributed by atoms with Gasteiger partial charge in [-0.25, -0.2) is 8.42 Å². The molecule has 1 unspecified atom stereocenters. The number of nitrogens with zero attached hydrogens (tertiary/aromatic N) is 1. The molecule has 6 nitrogen and oxygen atoms in total. The quantitative estimate of drug-likeness (QED) is 0.751. The molecule has 29 heavy (non-hydrogen) atoms. The summed E-state index contributed by atoms with van der Waals surface area (Å²) in [5, 5.41) is 3.11. The van der Waals surface area contributed by atoms with Gasteiger partial charge in [0.05, 0.1) is 10.6 Å². The van der Waals surface area contributed by atoms with E-state index in [9.17, 15) is 13.2 Å². The number of methoxy groups -OCH3 is 1. The van der Waals surface area contributed by atoms with E-state index in [0.29, 0.717) is 4.90 Å². The maximum Gasteiger partial charge on any atom is 0.253 e. The van der Waals surface area contributed by atoms with Gasteiger partial charge < -0.3 is 15.0 Å². The molecule has 0 radical (unpaired) electrons. The van der Waals surface area contributed by atoms with Gasteiger partial charge >= 0.3 is 0 Å². The lowest BCUT2D eigenvalue weighted by Gasteiger charge is -2.34. The Labute approximate surface area is 172 Å². The first-order chi connectivity index (χ1) is 13.9. The van der Waals surface area contributed by atoms with E-state index in [2.05, 4.69) is 10.2 Å². The molecule has 0 aliphatic carbocycles. The normalized spacial score (nSPS) is 16.4. The van der Waals surface area contributed by atoms with Crippen molar-refractivity contribution >= 4 is 21.4 Å². The Hall–Kier alpha value is -2.38. The van der Waals surface area contributed by atoms with Gasteiger partial charge in [0.15, 0.2) is 15.9 Å². The van der Waals surface area contributed by atoms with Crippen LogP contribution < -0.4 is 10.2 Å². The second kappa shape index (κ2) is 9.41. The monoisotopic (exact) mass is 416 g/mol. The lowest BCUT2D eigenvalue weighted by Crippen LogP contribution is -2.46. The third kappa shape index (κ3) is 5.16. The molecule has 7 heteroatoms. The van der Waals surface area contributed by atoms with Crippen molar-refractivity contribution in [1.82, 2.24) is 5.32 Å². The highest BCUT2D eigenvalue weighted by atomic mass is 32.2. The van der Waals surface area contributed by atoms with Crippen molar-refractivity contribution in [3.63, 3.8) is 0 Å². The zero-order chi connectivity index (χ0) is 20.9. The van der Waals surface area contributed by atoms with E-state index < -0.39 is 15.9 Å². The lowest BCUT2D eigenvalue weighted by molar-refractivity contribution is -0.132. The third-order valence-corrected chi connectivity index (χ3v) is 7.11. The van der Waals surface area contributed by atoms with E-state index in [4.69, 9.17) is 4.74 Å². The molecule has 1 aliphatic heterocycles. The molecule has 156 valence electrons. The molecule has 0 bridgehead atoms. The van der Waals surface area contributed by atoms with Crippen molar-refractivity contribution < 1.29 is 17.9 Å². The number of carbonyl (C=O) groups excluding carboxylic acids is 1. The molecule has 3 rings (SSSR count). The summed E-state index contributed by atoms with van der Waals surface area (Å²) in [6.45, 7) is 3.25. The molecule has 1 aliphatic rings. The molecule has 1 N–H and O–H groups in total. The fourth-order valence-electron chi connectivity index (χ4n) is 3.61. The summed E-state index contributed by atoms with van der Waals surface area (Å²) in [5.74, 6) is -0.0191. The maximum atomic E-state index is 12.6. The van der Waals surface area contributed by atoms with Gasteiger partial charge in [-0.05, 0) is 42.7 Å². The van der Waals surface area contributed by atoms with Crippen LogP contribution in [0.3, 0.4) is 0 Å². The number of sulfone groups is 1. The average Bonchev–Trinajstić information content (AvgIpc) is 2.76. The van der Waals surface area contributed by atoms with E-state index in [1.807, 2.05) is 42.5 Å². The molecule has 2 aromatic carbocycles. The van der Waals surface area contributed by atoms with Crippen LogP contribution in [0.25, 0.3) is 0 Å². The van der Waals surface area contributed by atoms with Gasteiger partial charge in [-0.1, -0.05) is 37.3 Å². The van der Waals surface area contributed by atoms with E-state index in [-0.39, 0.29) is 17.7 Å².